The minimum atomic E-state index is -1.22. The van der Waals surface area contributed by atoms with Crippen molar-refractivity contribution in [2.75, 3.05) is 13.2 Å². The van der Waals surface area contributed by atoms with Gasteiger partial charge in [-0.05, 0) is 48.8 Å². The molecular formula is C28H34N2O4. The summed E-state index contributed by atoms with van der Waals surface area (Å²) in [4.78, 5) is 31.0. The summed E-state index contributed by atoms with van der Waals surface area (Å²) in [6.45, 7) is 6.13. The Labute approximate surface area is 201 Å². The van der Waals surface area contributed by atoms with E-state index in [-0.39, 0.29) is 42.9 Å². The zero-order valence-corrected chi connectivity index (χ0v) is 20.1. The number of aromatic nitrogens is 1. The lowest BCUT2D eigenvalue weighted by molar-refractivity contribution is -0.157. The van der Waals surface area contributed by atoms with Crippen LogP contribution in [0.25, 0.3) is 17.2 Å². The minimum Gasteiger partial charge on any atom is -0.461 e. The van der Waals surface area contributed by atoms with Gasteiger partial charge in [0, 0.05) is 24.2 Å². The Balaban J connectivity index is 1.65. The van der Waals surface area contributed by atoms with Crippen molar-refractivity contribution in [3.05, 3.63) is 60.4 Å². The average molecular weight is 463 g/mol. The number of amides is 1. The lowest BCUT2D eigenvalue weighted by Gasteiger charge is -2.47. The number of benzene rings is 1. The normalized spacial score (nSPS) is 30.7. The number of aliphatic hydroxyl groups excluding tert-OH is 1. The number of hydrogen-bond donors (Lipinski definition) is 2. The number of esters is 1. The quantitative estimate of drug-likeness (QED) is 0.478. The van der Waals surface area contributed by atoms with Gasteiger partial charge in [0.1, 0.15) is 6.10 Å². The predicted octanol–water partition coefficient (Wildman–Crippen LogP) is 4.10. The summed E-state index contributed by atoms with van der Waals surface area (Å²) in [5, 5.41) is 12.0. The van der Waals surface area contributed by atoms with Crippen molar-refractivity contribution in [3.8, 4) is 11.1 Å². The molecule has 1 aromatic heterocycles. The zero-order valence-electron chi connectivity index (χ0n) is 20.1. The summed E-state index contributed by atoms with van der Waals surface area (Å²) in [6.07, 6.45) is 7.05. The van der Waals surface area contributed by atoms with Crippen molar-refractivity contribution in [1.29, 1.82) is 0 Å². The minimum absolute atomic E-state index is 0.00863. The summed E-state index contributed by atoms with van der Waals surface area (Å²) in [6, 6.07) is 14.2. The number of hydrogen-bond acceptors (Lipinski definition) is 5. The fraction of sp³-hybridized carbons (Fsp3) is 0.464. The Morgan fingerprint density at radius 1 is 1.21 bits per heavy atom. The molecule has 6 atom stereocenters. The van der Waals surface area contributed by atoms with E-state index in [1.807, 2.05) is 43.5 Å². The lowest BCUT2D eigenvalue weighted by atomic mass is 9.53. The van der Waals surface area contributed by atoms with Gasteiger partial charge < -0.3 is 15.2 Å². The van der Waals surface area contributed by atoms with E-state index in [2.05, 4.69) is 48.4 Å². The van der Waals surface area contributed by atoms with Gasteiger partial charge in [-0.15, -0.1) is 0 Å². The summed E-state index contributed by atoms with van der Waals surface area (Å²) >= 11 is 0. The SMILES string of the molecule is CCC1C(C)C[C@@]2(C(=O)NCCO)C(=O)OC(C)C2C1/C=C/c1ccc(-c2ccccc2)cn1. The van der Waals surface area contributed by atoms with Gasteiger partial charge >= 0.3 is 5.97 Å². The first-order chi connectivity index (χ1) is 16.4. The maximum absolute atomic E-state index is 13.3. The molecule has 34 heavy (non-hydrogen) atoms. The molecule has 2 N–H and O–H groups in total. The Morgan fingerprint density at radius 3 is 2.62 bits per heavy atom. The molecule has 1 saturated heterocycles. The third-order valence-corrected chi connectivity index (χ3v) is 7.67. The Bertz CT molecular complexity index is 1040. The lowest BCUT2D eigenvalue weighted by Crippen LogP contribution is -2.56. The van der Waals surface area contributed by atoms with Crippen LogP contribution < -0.4 is 5.32 Å². The highest BCUT2D eigenvalue weighted by Crippen LogP contribution is 2.57. The fourth-order valence-corrected chi connectivity index (χ4v) is 6.17. The number of nitrogens with one attached hydrogen (secondary N) is 1. The number of fused-ring (bicyclic) bond motifs is 1. The number of carbonyl (C=O) groups excluding carboxylic acids is 2. The zero-order chi connectivity index (χ0) is 24.3. The number of cyclic esters (lactones) is 1. The van der Waals surface area contributed by atoms with E-state index in [1.165, 1.54) is 0 Å². The summed E-state index contributed by atoms with van der Waals surface area (Å²) < 4.78 is 5.69. The maximum Gasteiger partial charge on any atom is 0.322 e. The Morgan fingerprint density at radius 2 is 1.97 bits per heavy atom. The van der Waals surface area contributed by atoms with Crippen LogP contribution in [0.1, 0.15) is 39.3 Å². The second kappa shape index (κ2) is 10.1. The molecule has 2 heterocycles. The highest BCUT2D eigenvalue weighted by Gasteiger charge is 2.66. The standard InChI is InChI=1S/C28H34N2O4/c1-4-23-18(2)16-28(26(32)29-14-15-31)25(19(3)34-27(28)33)24(23)13-12-22-11-10-21(17-30-22)20-8-6-5-7-9-20/h5-13,17-19,23-25,31H,4,14-16H2,1-3H3,(H,29,32)/b13-12+/t18?,19?,23?,24?,25?,28-/m1/s1. The van der Waals surface area contributed by atoms with Crippen molar-refractivity contribution < 1.29 is 19.4 Å². The molecule has 0 radical (unpaired) electrons. The number of nitrogens with zero attached hydrogens (tertiary/aromatic N) is 1. The highest BCUT2D eigenvalue weighted by molar-refractivity contribution is 6.04. The van der Waals surface area contributed by atoms with Crippen LogP contribution in [0.4, 0.5) is 0 Å². The molecular weight excluding hydrogens is 428 g/mol. The van der Waals surface area contributed by atoms with E-state index in [9.17, 15) is 14.7 Å². The van der Waals surface area contributed by atoms with Crippen LogP contribution >= 0.6 is 0 Å². The molecule has 2 aromatic rings. The smallest absolute Gasteiger partial charge is 0.322 e. The third kappa shape index (κ3) is 4.27. The van der Waals surface area contributed by atoms with Crippen LogP contribution in [-0.2, 0) is 14.3 Å². The van der Waals surface area contributed by atoms with Gasteiger partial charge in [-0.25, -0.2) is 0 Å². The molecule has 6 heteroatoms. The molecule has 180 valence electrons. The topological polar surface area (TPSA) is 88.5 Å². The van der Waals surface area contributed by atoms with Crippen LogP contribution in [0, 0.1) is 29.1 Å². The molecule has 1 saturated carbocycles. The van der Waals surface area contributed by atoms with Gasteiger partial charge in [0.2, 0.25) is 5.91 Å². The van der Waals surface area contributed by atoms with E-state index >= 15 is 0 Å². The first-order valence-electron chi connectivity index (χ1n) is 12.2. The van der Waals surface area contributed by atoms with E-state index in [0.717, 1.165) is 23.2 Å². The van der Waals surface area contributed by atoms with Crippen molar-refractivity contribution in [3.63, 3.8) is 0 Å². The molecule has 6 nitrogen and oxygen atoms in total. The van der Waals surface area contributed by atoms with E-state index in [4.69, 9.17) is 4.74 Å². The molecule has 1 aliphatic heterocycles. The number of pyridine rings is 1. The summed E-state index contributed by atoms with van der Waals surface area (Å²) in [5.74, 6) is -0.551. The van der Waals surface area contributed by atoms with Crippen LogP contribution in [-0.4, -0.2) is 41.2 Å². The molecule has 5 unspecified atom stereocenters. The average Bonchev–Trinajstić information content (AvgIpc) is 3.11. The van der Waals surface area contributed by atoms with Crippen LogP contribution in [0.15, 0.2) is 54.7 Å². The number of rotatable bonds is 7. The van der Waals surface area contributed by atoms with E-state index < -0.39 is 11.4 Å². The molecule has 4 rings (SSSR count). The molecule has 1 aromatic carbocycles. The third-order valence-electron chi connectivity index (χ3n) is 7.67. The number of aliphatic hydroxyl groups is 1. The Kier molecular flexibility index (Phi) is 7.17. The van der Waals surface area contributed by atoms with E-state index in [1.54, 1.807) is 0 Å². The summed E-state index contributed by atoms with van der Waals surface area (Å²) in [7, 11) is 0. The second-order valence-corrected chi connectivity index (χ2v) is 9.61. The number of allylic oxidation sites excluding steroid dienone is 1. The molecule has 0 bridgehead atoms. The van der Waals surface area contributed by atoms with Crippen LogP contribution in [0.3, 0.4) is 0 Å². The van der Waals surface area contributed by atoms with Crippen LogP contribution in [0.2, 0.25) is 0 Å². The number of carbonyl (C=O) groups is 2. The van der Waals surface area contributed by atoms with Crippen LogP contribution in [0.5, 0.6) is 0 Å². The molecule has 1 aliphatic carbocycles. The van der Waals surface area contributed by atoms with Crippen molar-refractivity contribution in [2.24, 2.45) is 29.1 Å². The molecule has 2 aliphatic rings. The summed E-state index contributed by atoms with van der Waals surface area (Å²) in [5.41, 5.74) is 1.78. The molecule has 0 spiro atoms. The highest BCUT2D eigenvalue weighted by atomic mass is 16.6. The molecule has 1 amide bonds. The first kappa shape index (κ1) is 24.1. The monoisotopic (exact) mass is 462 g/mol. The van der Waals surface area contributed by atoms with E-state index in [0.29, 0.717) is 12.3 Å². The predicted molar refractivity (Wildman–Crippen MR) is 131 cm³/mol. The van der Waals surface area contributed by atoms with Gasteiger partial charge in [-0.1, -0.05) is 62.7 Å². The second-order valence-electron chi connectivity index (χ2n) is 9.61. The maximum atomic E-state index is 13.3. The van der Waals surface area contributed by atoms with Gasteiger partial charge in [0.05, 0.1) is 12.3 Å². The van der Waals surface area contributed by atoms with Crippen molar-refractivity contribution >= 4 is 18.0 Å². The molecule has 2 fully saturated rings. The van der Waals surface area contributed by atoms with Crippen molar-refractivity contribution in [2.45, 2.75) is 39.7 Å². The first-order valence-corrected chi connectivity index (χ1v) is 12.2. The van der Waals surface area contributed by atoms with Gasteiger partial charge in [0.15, 0.2) is 5.41 Å². The number of ether oxygens (including phenoxy) is 1. The van der Waals surface area contributed by atoms with Gasteiger partial charge in [0.25, 0.3) is 0 Å². The van der Waals surface area contributed by atoms with Crippen molar-refractivity contribution in [1.82, 2.24) is 10.3 Å². The fourth-order valence-electron chi connectivity index (χ4n) is 6.17. The Hall–Kier alpha value is -2.99. The van der Waals surface area contributed by atoms with Gasteiger partial charge in [-0.2, -0.15) is 0 Å². The van der Waals surface area contributed by atoms with Gasteiger partial charge in [-0.3, -0.25) is 14.6 Å². The largest absolute Gasteiger partial charge is 0.461 e.